The molecule has 0 amide bonds. The van der Waals surface area contributed by atoms with Crippen molar-refractivity contribution in [3.8, 4) is 5.69 Å². The van der Waals surface area contributed by atoms with Crippen molar-refractivity contribution in [3.05, 3.63) is 51.7 Å². The summed E-state index contributed by atoms with van der Waals surface area (Å²) < 4.78 is 14.1. The summed E-state index contributed by atoms with van der Waals surface area (Å²) in [6.45, 7) is 0. The fourth-order valence-electron chi connectivity index (χ4n) is 1.36. The van der Waals surface area contributed by atoms with Gasteiger partial charge in [0.1, 0.15) is 5.82 Å². The third kappa shape index (κ3) is 2.29. The normalized spacial score (nSPS) is 10.3. The highest BCUT2D eigenvalue weighted by Crippen LogP contribution is 2.17. The molecule has 1 N–H and O–H groups in total. The van der Waals surface area contributed by atoms with Crippen LogP contribution < -0.4 is 10.9 Å². The van der Waals surface area contributed by atoms with Crippen LogP contribution in [0.4, 0.5) is 10.1 Å². The van der Waals surface area contributed by atoms with Gasteiger partial charge in [0.25, 0.3) is 5.56 Å². The van der Waals surface area contributed by atoms with Gasteiger partial charge in [-0.15, -0.1) is 0 Å². The van der Waals surface area contributed by atoms with Gasteiger partial charge in [-0.3, -0.25) is 4.79 Å². The molecule has 0 atom stereocenters. The van der Waals surface area contributed by atoms with Crippen LogP contribution in [0.5, 0.6) is 0 Å². The minimum absolute atomic E-state index is 0.0473. The van der Waals surface area contributed by atoms with Gasteiger partial charge in [-0.2, -0.15) is 9.78 Å². The Morgan fingerprint density at radius 2 is 2.18 bits per heavy atom. The molecule has 1 heterocycles. The van der Waals surface area contributed by atoms with Crippen LogP contribution in [0.3, 0.4) is 0 Å². The lowest BCUT2D eigenvalue weighted by molar-refractivity contribution is 0.627. The van der Waals surface area contributed by atoms with E-state index >= 15 is 0 Å². The number of halogens is 2. The number of nitrogens with zero attached hydrogens (tertiary/aromatic N) is 2. The number of nitrogens with one attached hydrogen (secondary N) is 1. The summed E-state index contributed by atoms with van der Waals surface area (Å²) in [6, 6.07) is 5.38. The van der Waals surface area contributed by atoms with E-state index in [1.165, 1.54) is 30.5 Å². The van der Waals surface area contributed by atoms with E-state index in [0.29, 0.717) is 11.4 Å². The summed E-state index contributed by atoms with van der Waals surface area (Å²) in [6.07, 6.45) is 1.50. The second kappa shape index (κ2) is 4.55. The summed E-state index contributed by atoms with van der Waals surface area (Å²) in [5.41, 5.74) is 0.711. The topological polar surface area (TPSA) is 46.9 Å². The monoisotopic (exact) mass is 253 g/mol. The molecule has 0 aliphatic heterocycles. The standard InChI is InChI=1S/C11H9ClFN3O/c1-14-7-4-11(17)16(15-6-7)8-2-3-10(13)9(12)5-8/h2-6,14H,1H3. The predicted molar refractivity (Wildman–Crippen MR) is 64.3 cm³/mol. The maximum Gasteiger partial charge on any atom is 0.273 e. The molecule has 4 nitrogen and oxygen atoms in total. The molecule has 0 fully saturated rings. The van der Waals surface area contributed by atoms with Gasteiger partial charge in [0.15, 0.2) is 0 Å². The zero-order chi connectivity index (χ0) is 12.4. The van der Waals surface area contributed by atoms with Crippen LogP contribution in [-0.4, -0.2) is 16.8 Å². The van der Waals surface area contributed by atoms with Gasteiger partial charge in [0.05, 0.1) is 22.6 Å². The Kier molecular flexibility index (Phi) is 3.10. The summed E-state index contributed by atoms with van der Waals surface area (Å²) in [5.74, 6) is -0.532. The number of anilines is 1. The van der Waals surface area contributed by atoms with Crippen LogP contribution in [0.15, 0.2) is 35.3 Å². The number of aromatic nitrogens is 2. The van der Waals surface area contributed by atoms with E-state index in [1.54, 1.807) is 7.05 Å². The average molecular weight is 254 g/mol. The molecule has 17 heavy (non-hydrogen) atoms. The Bertz CT molecular complexity index is 612. The minimum Gasteiger partial charge on any atom is -0.387 e. The zero-order valence-corrected chi connectivity index (χ0v) is 9.70. The van der Waals surface area contributed by atoms with E-state index in [1.807, 2.05) is 0 Å². The highest BCUT2D eigenvalue weighted by molar-refractivity contribution is 6.30. The molecular formula is C11H9ClFN3O. The smallest absolute Gasteiger partial charge is 0.273 e. The van der Waals surface area contributed by atoms with Crippen LogP contribution in [0.1, 0.15) is 0 Å². The number of rotatable bonds is 2. The van der Waals surface area contributed by atoms with E-state index in [2.05, 4.69) is 10.4 Å². The fraction of sp³-hybridized carbons (Fsp3) is 0.0909. The molecule has 88 valence electrons. The second-order valence-electron chi connectivity index (χ2n) is 3.34. The first-order valence-corrected chi connectivity index (χ1v) is 5.22. The molecule has 0 radical (unpaired) electrons. The average Bonchev–Trinajstić information content (AvgIpc) is 2.32. The Balaban J connectivity index is 2.53. The molecule has 0 saturated heterocycles. The highest BCUT2D eigenvalue weighted by Gasteiger charge is 2.05. The number of benzene rings is 1. The number of hydrogen-bond acceptors (Lipinski definition) is 3. The van der Waals surface area contributed by atoms with Crippen molar-refractivity contribution in [2.24, 2.45) is 0 Å². The van der Waals surface area contributed by atoms with Crippen molar-refractivity contribution in [2.45, 2.75) is 0 Å². The van der Waals surface area contributed by atoms with Gasteiger partial charge in [0, 0.05) is 13.1 Å². The first kappa shape index (κ1) is 11.6. The van der Waals surface area contributed by atoms with Crippen molar-refractivity contribution in [2.75, 3.05) is 12.4 Å². The molecule has 1 aromatic carbocycles. The SMILES string of the molecule is CNc1cnn(-c2ccc(F)c(Cl)c2)c(=O)c1. The van der Waals surface area contributed by atoms with Gasteiger partial charge in [-0.25, -0.2) is 4.39 Å². The van der Waals surface area contributed by atoms with Crippen LogP contribution in [0.25, 0.3) is 5.69 Å². The van der Waals surface area contributed by atoms with Gasteiger partial charge in [-0.05, 0) is 18.2 Å². The first-order chi connectivity index (χ1) is 8.11. The molecule has 0 aliphatic carbocycles. The molecule has 0 aliphatic rings. The Morgan fingerprint density at radius 1 is 1.41 bits per heavy atom. The molecule has 2 aromatic rings. The second-order valence-corrected chi connectivity index (χ2v) is 3.75. The lowest BCUT2D eigenvalue weighted by Crippen LogP contribution is -2.20. The van der Waals surface area contributed by atoms with Crippen molar-refractivity contribution in [3.63, 3.8) is 0 Å². The summed E-state index contributed by atoms with van der Waals surface area (Å²) in [5, 5.41) is 6.71. The molecule has 0 spiro atoms. The maximum absolute atomic E-state index is 13.0. The largest absolute Gasteiger partial charge is 0.387 e. The van der Waals surface area contributed by atoms with E-state index < -0.39 is 5.82 Å². The molecular weight excluding hydrogens is 245 g/mol. The van der Waals surface area contributed by atoms with Crippen molar-refractivity contribution in [1.29, 1.82) is 0 Å². The van der Waals surface area contributed by atoms with E-state index in [0.717, 1.165) is 4.68 Å². The van der Waals surface area contributed by atoms with Gasteiger partial charge < -0.3 is 5.32 Å². The van der Waals surface area contributed by atoms with Gasteiger partial charge in [-0.1, -0.05) is 11.6 Å². The number of hydrogen-bond donors (Lipinski definition) is 1. The lowest BCUT2D eigenvalue weighted by Gasteiger charge is -2.06. The maximum atomic E-state index is 13.0. The van der Waals surface area contributed by atoms with Crippen molar-refractivity contribution in [1.82, 2.24) is 9.78 Å². The van der Waals surface area contributed by atoms with E-state index in [4.69, 9.17) is 11.6 Å². The van der Waals surface area contributed by atoms with Gasteiger partial charge >= 0.3 is 0 Å². The van der Waals surface area contributed by atoms with Crippen LogP contribution in [0, 0.1) is 5.82 Å². The molecule has 0 saturated carbocycles. The summed E-state index contributed by atoms with van der Waals surface area (Å²) in [4.78, 5) is 11.7. The molecule has 0 unspecified atom stereocenters. The Morgan fingerprint density at radius 3 is 2.76 bits per heavy atom. The van der Waals surface area contributed by atoms with Crippen LogP contribution in [-0.2, 0) is 0 Å². The third-order valence-corrected chi connectivity index (χ3v) is 2.53. The summed E-state index contributed by atoms with van der Waals surface area (Å²) in [7, 11) is 1.69. The fourth-order valence-corrected chi connectivity index (χ4v) is 1.53. The molecule has 2 rings (SSSR count). The Labute approximate surface area is 102 Å². The lowest BCUT2D eigenvalue weighted by atomic mass is 10.3. The molecule has 6 heteroatoms. The Hall–Kier alpha value is -1.88. The van der Waals surface area contributed by atoms with E-state index in [9.17, 15) is 9.18 Å². The minimum atomic E-state index is -0.532. The van der Waals surface area contributed by atoms with Crippen LogP contribution in [0.2, 0.25) is 5.02 Å². The van der Waals surface area contributed by atoms with Crippen molar-refractivity contribution >= 4 is 17.3 Å². The predicted octanol–water partition coefficient (Wildman–Crippen LogP) is 2.07. The summed E-state index contributed by atoms with van der Waals surface area (Å²) >= 11 is 5.64. The van der Waals surface area contributed by atoms with E-state index in [-0.39, 0.29) is 10.6 Å². The first-order valence-electron chi connectivity index (χ1n) is 4.84. The molecule has 1 aromatic heterocycles. The zero-order valence-electron chi connectivity index (χ0n) is 8.95. The van der Waals surface area contributed by atoms with Crippen molar-refractivity contribution < 1.29 is 4.39 Å². The molecule has 0 bridgehead atoms. The third-order valence-electron chi connectivity index (χ3n) is 2.24. The highest BCUT2D eigenvalue weighted by atomic mass is 35.5. The quantitative estimate of drug-likeness (QED) is 0.891. The van der Waals surface area contributed by atoms with Crippen LogP contribution >= 0.6 is 11.6 Å². The van der Waals surface area contributed by atoms with Gasteiger partial charge in [0.2, 0.25) is 0 Å².